The highest BCUT2D eigenvalue weighted by molar-refractivity contribution is 8.00. The highest BCUT2D eigenvalue weighted by atomic mass is 32.2. The van der Waals surface area contributed by atoms with Crippen molar-refractivity contribution in [3.63, 3.8) is 0 Å². The van der Waals surface area contributed by atoms with Gasteiger partial charge in [-0.2, -0.15) is 0 Å². The number of benzene rings is 1. The monoisotopic (exact) mass is 327 g/mol. The largest absolute Gasteiger partial charge is 0.381 e. The number of rotatable bonds is 5. The summed E-state index contributed by atoms with van der Waals surface area (Å²) >= 11 is 1.58. The Morgan fingerprint density at radius 3 is 2.78 bits per heavy atom. The molecule has 2 aromatic rings. The van der Waals surface area contributed by atoms with Crippen LogP contribution in [0.15, 0.2) is 59.8 Å². The number of carbonyl (C=O) groups excluding carboxylic acids is 1. The van der Waals surface area contributed by atoms with Gasteiger partial charge >= 0.3 is 0 Å². The second kappa shape index (κ2) is 8.02. The lowest BCUT2D eigenvalue weighted by atomic mass is 10.1. The molecule has 1 saturated heterocycles. The van der Waals surface area contributed by atoms with Crippen LogP contribution in [0.1, 0.15) is 12.8 Å². The van der Waals surface area contributed by atoms with Crippen LogP contribution >= 0.6 is 11.8 Å². The molecule has 1 aromatic carbocycles. The first-order valence-corrected chi connectivity index (χ1v) is 8.92. The molecule has 1 aliphatic heterocycles. The van der Waals surface area contributed by atoms with Crippen LogP contribution in [0.5, 0.6) is 0 Å². The zero-order valence-corrected chi connectivity index (χ0v) is 13.8. The summed E-state index contributed by atoms with van der Waals surface area (Å²) in [6.07, 6.45) is 5.67. The lowest BCUT2D eigenvalue weighted by molar-refractivity contribution is -0.129. The smallest absolute Gasteiger partial charge is 0.233 e. The molecule has 1 atom stereocenters. The summed E-state index contributed by atoms with van der Waals surface area (Å²) < 4.78 is 0. The third-order valence-corrected chi connectivity index (χ3v) is 4.93. The average Bonchev–Trinajstić information content (AvgIpc) is 2.62. The maximum Gasteiger partial charge on any atom is 0.233 e. The molecule has 23 heavy (non-hydrogen) atoms. The topological polar surface area (TPSA) is 45.2 Å². The number of pyridine rings is 1. The van der Waals surface area contributed by atoms with Crippen molar-refractivity contribution in [2.24, 2.45) is 0 Å². The molecule has 3 rings (SSSR count). The summed E-state index contributed by atoms with van der Waals surface area (Å²) in [5.74, 6) is 0.702. The maximum absolute atomic E-state index is 12.4. The molecule has 0 aliphatic carbocycles. The van der Waals surface area contributed by atoms with E-state index in [-0.39, 0.29) is 5.91 Å². The third-order valence-electron chi connectivity index (χ3n) is 3.93. The fourth-order valence-electron chi connectivity index (χ4n) is 2.76. The average molecular weight is 327 g/mol. The van der Waals surface area contributed by atoms with Gasteiger partial charge in [-0.25, -0.2) is 0 Å². The van der Waals surface area contributed by atoms with Gasteiger partial charge in [0, 0.05) is 42.1 Å². The molecule has 1 amide bonds. The van der Waals surface area contributed by atoms with E-state index in [4.69, 9.17) is 0 Å². The number of aromatic nitrogens is 1. The number of amides is 1. The number of carbonyl (C=O) groups is 1. The molecule has 120 valence electrons. The van der Waals surface area contributed by atoms with Crippen molar-refractivity contribution in [3.05, 3.63) is 54.9 Å². The zero-order chi connectivity index (χ0) is 15.9. The predicted molar refractivity (Wildman–Crippen MR) is 94.6 cm³/mol. The van der Waals surface area contributed by atoms with E-state index in [1.165, 1.54) is 0 Å². The summed E-state index contributed by atoms with van der Waals surface area (Å²) in [4.78, 5) is 19.5. The number of hydrogen-bond acceptors (Lipinski definition) is 4. The molecule has 0 bridgehead atoms. The lowest BCUT2D eigenvalue weighted by Gasteiger charge is -2.33. The molecule has 5 heteroatoms. The van der Waals surface area contributed by atoms with Gasteiger partial charge in [-0.1, -0.05) is 18.2 Å². The van der Waals surface area contributed by atoms with Gasteiger partial charge in [0.2, 0.25) is 5.91 Å². The normalized spacial score (nSPS) is 17.7. The van der Waals surface area contributed by atoms with Gasteiger partial charge in [0.1, 0.15) is 0 Å². The first-order chi connectivity index (χ1) is 11.3. The van der Waals surface area contributed by atoms with Crippen molar-refractivity contribution in [2.45, 2.75) is 23.8 Å². The number of para-hydroxylation sites is 1. The molecule has 0 radical (unpaired) electrons. The molecule has 1 N–H and O–H groups in total. The summed E-state index contributed by atoms with van der Waals surface area (Å²) in [5.41, 5.74) is 1.12. The van der Waals surface area contributed by atoms with Gasteiger partial charge in [-0.15, -0.1) is 11.8 Å². The van der Waals surface area contributed by atoms with E-state index in [1.54, 1.807) is 24.2 Å². The van der Waals surface area contributed by atoms with Gasteiger partial charge in [-0.05, 0) is 37.1 Å². The van der Waals surface area contributed by atoms with E-state index in [1.807, 2.05) is 35.2 Å². The first-order valence-electron chi connectivity index (χ1n) is 7.93. The van der Waals surface area contributed by atoms with Crippen LogP contribution in [0, 0.1) is 0 Å². The van der Waals surface area contributed by atoms with Crippen molar-refractivity contribution in [1.82, 2.24) is 9.88 Å². The van der Waals surface area contributed by atoms with Gasteiger partial charge in [0.15, 0.2) is 0 Å². The van der Waals surface area contributed by atoms with E-state index in [2.05, 4.69) is 22.4 Å². The third kappa shape index (κ3) is 4.73. The van der Waals surface area contributed by atoms with E-state index in [0.29, 0.717) is 11.8 Å². The Morgan fingerprint density at radius 1 is 1.22 bits per heavy atom. The number of hydrogen-bond donors (Lipinski definition) is 1. The molecule has 4 nitrogen and oxygen atoms in total. The van der Waals surface area contributed by atoms with Crippen LogP contribution in [0.3, 0.4) is 0 Å². The molecule has 0 saturated carbocycles. The Balaban J connectivity index is 1.50. The Labute approximate surface area is 141 Å². The van der Waals surface area contributed by atoms with Gasteiger partial charge in [0.05, 0.1) is 5.75 Å². The molecule has 0 unspecified atom stereocenters. The quantitative estimate of drug-likeness (QED) is 0.856. The summed E-state index contributed by atoms with van der Waals surface area (Å²) in [7, 11) is 0. The highest BCUT2D eigenvalue weighted by Crippen LogP contribution is 2.20. The zero-order valence-electron chi connectivity index (χ0n) is 13.0. The number of anilines is 1. The summed E-state index contributed by atoms with van der Waals surface area (Å²) in [6.45, 7) is 1.65. The lowest BCUT2D eigenvalue weighted by Crippen LogP contribution is -2.45. The summed E-state index contributed by atoms with van der Waals surface area (Å²) in [6, 6.07) is 14.4. The number of likely N-dealkylation sites (tertiary alicyclic amines) is 1. The Morgan fingerprint density at radius 2 is 2.00 bits per heavy atom. The number of thioether (sulfide) groups is 1. The van der Waals surface area contributed by atoms with Crippen molar-refractivity contribution in [3.8, 4) is 0 Å². The van der Waals surface area contributed by atoms with Gasteiger partial charge in [-0.3, -0.25) is 9.78 Å². The van der Waals surface area contributed by atoms with Crippen LogP contribution in [0.25, 0.3) is 0 Å². The minimum atomic E-state index is 0.214. The van der Waals surface area contributed by atoms with Crippen LogP contribution in [-0.2, 0) is 4.79 Å². The molecule has 0 spiro atoms. The van der Waals surface area contributed by atoms with Crippen LogP contribution in [-0.4, -0.2) is 40.7 Å². The van der Waals surface area contributed by atoms with Gasteiger partial charge < -0.3 is 10.2 Å². The summed E-state index contributed by atoms with van der Waals surface area (Å²) in [5, 5.41) is 3.53. The van der Waals surface area contributed by atoms with Crippen molar-refractivity contribution >= 4 is 23.4 Å². The highest BCUT2D eigenvalue weighted by Gasteiger charge is 2.23. The molecule has 2 heterocycles. The number of nitrogens with zero attached hydrogens (tertiary/aromatic N) is 2. The first kappa shape index (κ1) is 15.9. The standard InChI is InChI=1S/C18H21N3OS/c22-18(14-23-17-8-10-19-11-9-17)21-12-4-7-16(13-21)20-15-5-2-1-3-6-15/h1-3,5-6,8-11,16,20H,4,7,12-14H2/t16-/m1/s1. The van der Waals surface area contributed by atoms with Crippen LogP contribution in [0.4, 0.5) is 5.69 Å². The van der Waals surface area contributed by atoms with E-state index in [0.717, 1.165) is 36.5 Å². The maximum atomic E-state index is 12.4. The van der Waals surface area contributed by atoms with Crippen LogP contribution in [0.2, 0.25) is 0 Å². The second-order valence-electron chi connectivity index (χ2n) is 5.66. The molecule has 1 aromatic heterocycles. The van der Waals surface area contributed by atoms with E-state index in [9.17, 15) is 4.79 Å². The number of piperidine rings is 1. The van der Waals surface area contributed by atoms with Gasteiger partial charge in [0.25, 0.3) is 0 Å². The minimum Gasteiger partial charge on any atom is -0.381 e. The van der Waals surface area contributed by atoms with Crippen molar-refractivity contribution in [1.29, 1.82) is 0 Å². The van der Waals surface area contributed by atoms with Crippen molar-refractivity contribution < 1.29 is 4.79 Å². The van der Waals surface area contributed by atoms with Crippen molar-refractivity contribution in [2.75, 3.05) is 24.2 Å². The molecule has 1 aliphatic rings. The van der Waals surface area contributed by atoms with E-state index >= 15 is 0 Å². The SMILES string of the molecule is O=C(CSc1ccncc1)N1CCC[C@@H](Nc2ccccc2)C1. The predicted octanol–water partition coefficient (Wildman–Crippen LogP) is 3.28. The van der Waals surface area contributed by atoms with Crippen LogP contribution < -0.4 is 5.32 Å². The Kier molecular flexibility index (Phi) is 5.53. The Bertz CT molecular complexity index is 621. The fraction of sp³-hybridized carbons (Fsp3) is 0.333. The van der Waals surface area contributed by atoms with E-state index < -0.39 is 0 Å². The molecule has 1 fully saturated rings. The second-order valence-corrected chi connectivity index (χ2v) is 6.71. The fourth-order valence-corrected chi connectivity index (χ4v) is 3.55. The Hall–Kier alpha value is -2.01. The minimum absolute atomic E-state index is 0.214. The molecular formula is C18H21N3OS. The molecular weight excluding hydrogens is 306 g/mol. The number of nitrogens with one attached hydrogen (secondary N) is 1.